The molecule has 3 aromatic rings. The van der Waals surface area contributed by atoms with Crippen LogP contribution in [-0.4, -0.2) is 25.1 Å². The van der Waals surface area contributed by atoms with Gasteiger partial charge in [0.15, 0.2) is 8.07 Å². The molecular formula is C30H24F9NO2Si. The standard InChI is InChI=1S/C30H24F9NO2Si/c1-18-26(20-13-23(29(34,35)36)16-24(14-20)30(37,38)39)42-27(41)40(18)17-21-15-22(28(31,32)33)10-9-19(21)11-12-43(2,3)25-7-5-4-6-8-25/h4-10,13-16,18,26H,17H2,1-3H3/t18-,26-/m0/s1. The number of benzene rings is 3. The Morgan fingerprint density at radius 1 is 0.791 bits per heavy atom. The molecule has 4 rings (SSSR count). The van der Waals surface area contributed by atoms with Gasteiger partial charge in [-0.15, -0.1) is 5.54 Å². The van der Waals surface area contributed by atoms with Crippen molar-refractivity contribution in [2.45, 2.75) is 57.2 Å². The van der Waals surface area contributed by atoms with E-state index in [-0.39, 0.29) is 17.2 Å². The Hall–Kier alpha value is -3.92. The van der Waals surface area contributed by atoms with Crippen LogP contribution in [0.2, 0.25) is 13.1 Å². The minimum atomic E-state index is -5.12. The Bertz CT molecular complexity index is 1540. The highest BCUT2D eigenvalue weighted by Crippen LogP contribution is 2.41. The third kappa shape index (κ3) is 7.18. The molecule has 1 aliphatic heterocycles. The number of hydrogen-bond donors (Lipinski definition) is 0. The zero-order valence-electron chi connectivity index (χ0n) is 22.9. The van der Waals surface area contributed by atoms with Gasteiger partial charge in [-0.3, -0.25) is 4.90 Å². The number of nitrogens with zero attached hydrogens (tertiary/aromatic N) is 1. The topological polar surface area (TPSA) is 29.5 Å². The van der Waals surface area contributed by atoms with Crippen molar-refractivity contribution < 1.29 is 49.0 Å². The van der Waals surface area contributed by atoms with E-state index in [0.717, 1.165) is 22.2 Å². The molecule has 0 unspecified atom stereocenters. The van der Waals surface area contributed by atoms with E-state index in [1.807, 2.05) is 43.4 Å². The second kappa shape index (κ2) is 11.3. The summed E-state index contributed by atoms with van der Waals surface area (Å²) in [7, 11) is -2.38. The van der Waals surface area contributed by atoms with Crippen LogP contribution in [0.25, 0.3) is 0 Å². The van der Waals surface area contributed by atoms with E-state index in [1.165, 1.54) is 13.0 Å². The number of cyclic esters (lactones) is 1. The van der Waals surface area contributed by atoms with Crippen LogP contribution in [0.15, 0.2) is 66.7 Å². The van der Waals surface area contributed by atoms with E-state index in [0.29, 0.717) is 12.1 Å². The highest BCUT2D eigenvalue weighted by Gasteiger charge is 2.43. The van der Waals surface area contributed by atoms with Crippen molar-refractivity contribution in [3.63, 3.8) is 0 Å². The maximum Gasteiger partial charge on any atom is 0.416 e. The van der Waals surface area contributed by atoms with Crippen LogP contribution in [0.1, 0.15) is 46.4 Å². The molecule has 3 nitrogen and oxygen atoms in total. The molecule has 1 heterocycles. The zero-order valence-corrected chi connectivity index (χ0v) is 23.9. The second-order valence-corrected chi connectivity index (χ2v) is 14.7. The fourth-order valence-corrected chi connectivity index (χ4v) is 6.28. The summed E-state index contributed by atoms with van der Waals surface area (Å²) in [6.07, 6.45) is -17.6. The molecule has 43 heavy (non-hydrogen) atoms. The zero-order chi connectivity index (χ0) is 32.0. The van der Waals surface area contributed by atoms with E-state index < -0.39 is 73.6 Å². The second-order valence-electron chi connectivity index (χ2n) is 10.6. The Labute approximate surface area is 242 Å². The molecule has 1 amide bonds. The largest absolute Gasteiger partial charge is 0.439 e. The number of alkyl halides is 9. The molecule has 0 bridgehead atoms. The molecule has 228 valence electrons. The third-order valence-corrected chi connectivity index (χ3v) is 9.64. The smallest absolute Gasteiger partial charge is 0.416 e. The Morgan fingerprint density at radius 2 is 1.35 bits per heavy atom. The van der Waals surface area contributed by atoms with Crippen molar-refractivity contribution in [3.8, 4) is 11.5 Å². The van der Waals surface area contributed by atoms with Gasteiger partial charge in [0.2, 0.25) is 0 Å². The average molecular weight is 630 g/mol. The first-order valence-corrected chi connectivity index (χ1v) is 15.8. The SMILES string of the molecule is C[C@H]1[C@@H](c2cc(C(F)(F)F)cc(C(F)(F)F)c2)OC(=O)N1Cc1cc(C(F)(F)F)ccc1C#C[Si](C)(C)c1ccccc1. The van der Waals surface area contributed by atoms with Gasteiger partial charge in [0.1, 0.15) is 6.10 Å². The maximum atomic E-state index is 13.6. The number of rotatable bonds is 4. The summed E-state index contributed by atoms with van der Waals surface area (Å²) in [4.78, 5) is 13.8. The summed E-state index contributed by atoms with van der Waals surface area (Å²) in [6, 6.07) is 11.9. The molecule has 1 saturated heterocycles. The number of carbonyl (C=O) groups is 1. The van der Waals surface area contributed by atoms with Gasteiger partial charge < -0.3 is 4.74 Å². The van der Waals surface area contributed by atoms with Gasteiger partial charge in [-0.2, -0.15) is 39.5 Å². The van der Waals surface area contributed by atoms with Gasteiger partial charge in [-0.25, -0.2) is 4.79 Å². The summed E-state index contributed by atoms with van der Waals surface area (Å²) in [6.45, 7) is 4.75. The molecule has 2 atom stereocenters. The molecule has 1 aliphatic rings. The van der Waals surface area contributed by atoms with Crippen LogP contribution in [0, 0.1) is 11.5 Å². The molecule has 0 spiro atoms. The van der Waals surface area contributed by atoms with Crippen LogP contribution in [0.5, 0.6) is 0 Å². The van der Waals surface area contributed by atoms with Crippen molar-refractivity contribution in [2.75, 3.05) is 0 Å². The predicted molar refractivity (Wildman–Crippen MR) is 143 cm³/mol. The molecule has 0 saturated carbocycles. The van der Waals surface area contributed by atoms with Crippen LogP contribution >= 0.6 is 0 Å². The fraction of sp³-hybridized carbons (Fsp3) is 0.300. The number of halogens is 9. The Morgan fingerprint density at radius 3 is 1.88 bits per heavy atom. The van der Waals surface area contributed by atoms with Crippen LogP contribution in [0.4, 0.5) is 44.3 Å². The lowest BCUT2D eigenvalue weighted by molar-refractivity contribution is -0.143. The normalized spacial score (nSPS) is 17.9. The van der Waals surface area contributed by atoms with Gasteiger partial charge in [0, 0.05) is 5.56 Å². The monoisotopic (exact) mass is 629 g/mol. The fourth-order valence-electron chi connectivity index (χ4n) is 4.66. The highest BCUT2D eigenvalue weighted by atomic mass is 28.3. The molecule has 1 fully saturated rings. The number of ether oxygens (including phenoxy) is 1. The van der Waals surface area contributed by atoms with Crippen molar-refractivity contribution in [1.82, 2.24) is 4.90 Å². The lowest BCUT2D eigenvalue weighted by Crippen LogP contribution is -2.40. The van der Waals surface area contributed by atoms with Crippen molar-refractivity contribution >= 4 is 19.4 Å². The summed E-state index contributed by atoms with van der Waals surface area (Å²) >= 11 is 0. The molecule has 0 aliphatic carbocycles. The predicted octanol–water partition coefficient (Wildman–Crippen LogP) is 8.33. The molecule has 3 aromatic carbocycles. The molecule has 13 heteroatoms. The minimum absolute atomic E-state index is 0.00957. The Balaban J connectivity index is 1.72. The summed E-state index contributed by atoms with van der Waals surface area (Å²) in [5.74, 6) is 2.94. The van der Waals surface area contributed by atoms with E-state index in [9.17, 15) is 44.3 Å². The first-order chi connectivity index (χ1) is 19.8. The van der Waals surface area contributed by atoms with E-state index >= 15 is 0 Å². The van der Waals surface area contributed by atoms with Crippen LogP contribution in [0.3, 0.4) is 0 Å². The minimum Gasteiger partial charge on any atom is -0.439 e. The first kappa shape index (κ1) is 32.0. The summed E-state index contributed by atoms with van der Waals surface area (Å²) < 4.78 is 126. The van der Waals surface area contributed by atoms with E-state index in [4.69, 9.17) is 4.74 Å². The highest BCUT2D eigenvalue weighted by molar-refractivity contribution is 6.96. The Kier molecular flexibility index (Phi) is 8.41. The van der Waals surface area contributed by atoms with Crippen LogP contribution in [-0.2, 0) is 29.8 Å². The van der Waals surface area contributed by atoms with E-state index in [1.54, 1.807) is 0 Å². The van der Waals surface area contributed by atoms with Gasteiger partial charge in [0.05, 0.1) is 29.3 Å². The quantitative estimate of drug-likeness (QED) is 0.165. The lowest BCUT2D eigenvalue weighted by Gasteiger charge is -2.23. The molecular weight excluding hydrogens is 605 g/mol. The molecule has 0 aromatic heterocycles. The van der Waals surface area contributed by atoms with Crippen molar-refractivity contribution in [1.29, 1.82) is 0 Å². The molecule has 0 radical (unpaired) electrons. The van der Waals surface area contributed by atoms with Gasteiger partial charge in [0.25, 0.3) is 0 Å². The molecule has 0 N–H and O–H groups in total. The first-order valence-electron chi connectivity index (χ1n) is 12.8. The average Bonchev–Trinajstić information content (AvgIpc) is 3.19. The maximum absolute atomic E-state index is 13.6. The van der Waals surface area contributed by atoms with Crippen LogP contribution < -0.4 is 5.19 Å². The lowest BCUT2D eigenvalue weighted by atomic mass is 9.97. The van der Waals surface area contributed by atoms with Gasteiger partial charge in [-0.05, 0) is 59.6 Å². The van der Waals surface area contributed by atoms with Crippen molar-refractivity contribution in [3.05, 3.63) is 100 Å². The number of hydrogen-bond acceptors (Lipinski definition) is 2. The van der Waals surface area contributed by atoms with Gasteiger partial charge >= 0.3 is 24.6 Å². The van der Waals surface area contributed by atoms with Gasteiger partial charge in [-0.1, -0.05) is 49.3 Å². The number of carbonyl (C=O) groups excluding carboxylic acids is 1. The summed E-state index contributed by atoms with van der Waals surface area (Å²) in [5, 5.41) is 0.981. The van der Waals surface area contributed by atoms with Crippen molar-refractivity contribution in [2.24, 2.45) is 0 Å². The number of amides is 1. The van der Waals surface area contributed by atoms with E-state index in [2.05, 4.69) is 11.5 Å². The third-order valence-electron chi connectivity index (χ3n) is 7.11. The summed E-state index contributed by atoms with van der Waals surface area (Å²) in [5.41, 5.74) is -1.39.